The number of carbonyl (C=O) groups is 1. The second-order valence-electron chi connectivity index (χ2n) is 6.27. The first-order chi connectivity index (χ1) is 12.9. The van der Waals surface area contributed by atoms with Crippen molar-refractivity contribution in [1.82, 2.24) is 0 Å². The fraction of sp³-hybridized carbons (Fsp3) is 0.350. The fourth-order valence-corrected chi connectivity index (χ4v) is 2.88. The van der Waals surface area contributed by atoms with Crippen molar-refractivity contribution in [2.45, 2.75) is 19.5 Å². The first kappa shape index (κ1) is 20.9. The van der Waals surface area contributed by atoms with E-state index in [-0.39, 0.29) is 11.9 Å². The summed E-state index contributed by atoms with van der Waals surface area (Å²) in [6.07, 6.45) is 0. The third-order valence-electron chi connectivity index (χ3n) is 4.48. The molecule has 0 aliphatic heterocycles. The first-order valence-electron chi connectivity index (χ1n) is 8.57. The Hall–Kier alpha value is -2.44. The van der Waals surface area contributed by atoms with Crippen molar-refractivity contribution in [2.75, 3.05) is 33.7 Å². The molecule has 0 aromatic heterocycles. The number of amides is 1. The Morgan fingerprint density at radius 2 is 1.67 bits per heavy atom. The molecule has 0 saturated carbocycles. The lowest BCUT2D eigenvalue weighted by molar-refractivity contribution is -0.907. The molecule has 0 heterocycles. The number of hydrogen-bond acceptors (Lipinski definition) is 4. The van der Waals surface area contributed by atoms with Crippen molar-refractivity contribution in [1.29, 1.82) is 0 Å². The molecule has 2 rings (SSSR count). The number of ether oxygens (including phenoxy) is 3. The van der Waals surface area contributed by atoms with Gasteiger partial charge in [-0.2, -0.15) is 0 Å². The van der Waals surface area contributed by atoms with E-state index in [2.05, 4.69) is 5.32 Å². The quantitative estimate of drug-likeness (QED) is 0.723. The van der Waals surface area contributed by atoms with Gasteiger partial charge < -0.3 is 24.4 Å². The number of carbonyl (C=O) groups excluding carboxylic acids is 1. The summed E-state index contributed by atoms with van der Waals surface area (Å²) in [6, 6.07) is 10.6. The first-order valence-corrected chi connectivity index (χ1v) is 8.95. The third kappa shape index (κ3) is 5.28. The average Bonchev–Trinajstić information content (AvgIpc) is 2.67. The zero-order chi connectivity index (χ0) is 20.0. The standard InChI is InChI=1S/C20H25ClN2O4/c1-13(20(24)22-16-11-15(21)7-9-17(16)25-3)23(2)12-14-6-8-18(26-4)19(10-14)27-5/h6-11,13H,12H2,1-5H3,(H,22,24)/p+1/t13-/m1/s1. The van der Waals surface area contributed by atoms with Crippen LogP contribution in [0.1, 0.15) is 12.5 Å². The van der Waals surface area contributed by atoms with E-state index in [1.54, 1.807) is 39.5 Å². The van der Waals surface area contributed by atoms with E-state index < -0.39 is 0 Å². The van der Waals surface area contributed by atoms with Crippen molar-refractivity contribution < 1.29 is 23.9 Å². The molecule has 2 N–H and O–H groups in total. The molecular formula is C20H26ClN2O4+. The highest BCUT2D eigenvalue weighted by molar-refractivity contribution is 6.31. The van der Waals surface area contributed by atoms with Gasteiger partial charge in [0, 0.05) is 10.6 Å². The van der Waals surface area contributed by atoms with Gasteiger partial charge >= 0.3 is 0 Å². The Balaban J connectivity index is 2.07. The Morgan fingerprint density at radius 1 is 1.04 bits per heavy atom. The van der Waals surface area contributed by atoms with Crippen LogP contribution < -0.4 is 24.4 Å². The van der Waals surface area contributed by atoms with Crippen molar-refractivity contribution in [3.8, 4) is 17.2 Å². The van der Waals surface area contributed by atoms with Gasteiger partial charge in [0.05, 0.1) is 34.1 Å². The van der Waals surface area contributed by atoms with Gasteiger partial charge in [-0.25, -0.2) is 0 Å². The van der Waals surface area contributed by atoms with Crippen LogP contribution in [0.3, 0.4) is 0 Å². The minimum Gasteiger partial charge on any atom is -0.495 e. The lowest BCUT2D eigenvalue weighted by Crippen LogP contribution is -3.12. The van der Waals surface area contributed by atoms with Crippen LogP contribution in [0.4, 0.5) is 5.69 Å². The number of hydrogen-bond donors (Lipinski definition) is 2. The number of likely N-dealkylation sites (N-methyl/N-ethyl adjacent to an activating group) is 1. The topological polar surface area (TPSA) is 61.2 Å². The number of rotatable bonds is 8. The highest BCUT2D eigenvalue weighted by atomic mass is 35.5. The molecule has 27 heavy (non-hydrogen) atoms. The predicted octanol–water partition coefficient (Wildman–Crippen LogP) is 2.41. The molecule has 146 valence electrons. The number of nitrogens with one attached hydrogen (secondary N) is 2. The Kier molecular flexibility index (Phi) is 7.33. The monoisotopic (exact) mass is 393 g/mol. The molecule has 1 unspecified atom stereocenters. The summed E-state index contributed by atoms with van der Waals surface area (Å²) in [5.41, 5.74) is 1.60. The largest absolute Gasteiger partial charge is 0.495 e. The lowest BCUT2D eigenvalue weighted by Gasteiger charge is -2.22. The number of methoxy groups -OCH3 is 3. The molecule has 0 aliphatic rings. The maximum Gasteiger partial charge on any atom is 0.282 e. The summed E-state index contributed by atoms with van der Waals surface area (Å²) in [5, 5.41) is 3.43. The molecule has 7 heteroatoms. The summed E-state index contributed by atoms with van der Waals surface area (Å²) in [4.78, 5) is 13.7. The second kappa shape index (κ2) is 9.48. The average molecular weight is 394 g/mol. The molecule has 6 nitrogen and oxygen atoms in total. The minimum absolute atomic E-state index is 0.117. The number of benzene rings is 2. The van der Waals surface area contributed by atoms with Crippen LogP contribution >= 0.6 is 11.6 Å². The van der Waals surface area contributed by atoms with E-state index in [1.807, 2.05) is 32.2 Å². The maximum absolute atomic E-state index is 12.7. The summed E-state index contributed by atoms with van der Waals surface area (Å²) in [7, 11) is 6.73. The Labute approximate surface area is 165 Å². The molecule has 0 aliphatic carbocycles. The van der Waals surface area contributed by atoms with Crippen LogP contribution in [0.2, 0.25) is 5.02 Å². The molecule has 2 aromatic rings. The van der Waals surface area contributed by atoms with E-state index >= 15 is 0 Å². The van der Waals surface area contributed by atoms with Gasteiger partial charge in [-0.1, -0.05) is 11.6 Å². The van der Waals surface area contributed by atoms with Gasteiger partial charge in [0.1, 0.15) is 12.3 Å². The molecule has 2 atom stereocenters. The Bertz CT molecular complexity index is 798. The molecule has 0 radical (unpaired) electrons. The van der Waals surface area contributed by atoms with Gasteiger partial charge in [0.25, 0.3) is 5.91 Å². The van der Waals surface area contributed by atoms with Crippen LogP contribution in [0.15, 0.2) is 36.4 Å². The molecule has 2 aromatic carbocycles. The molecule has 0 spiro atoms. The van der Waals surface area contributed by atoms with Gasteiger partial charge in [0.15, 0.2) is 17.5 Å². The Morgan fingerprint density at radius 3 is 2.30 bits per heavy atom. The summed E-state index contributed by atoms with van der Waals surface area (Å²) < 4.78 is 15.9. The third-order valence-corrected chi connectivity index (χ3v) is 4.72. The van der Waals surface area contributed by atoms with Crippen LogP contribution in [0.25, 0.3) is 0 Å². The molecule has 1 amide bonds. The van der Waals surface area contributed by atoms with Crippen molar-refractivity contribution in [2.24, 2.45) is 0 Å². The highest BCUT2D eigenvalue weighted by Gasteiger charge is 2.23. The van der Waals surface area contributed by atoms with Crippen molar-refractivity contribution >= 4 is 23.2 Å². The van der Waals surface area contributed by atoms with Crippen molar-refractivity contribution in [3.63, 3.8) is 0 Å². The van der Waals surface area contributed by atoms with E-state index in [4.69, 9.17) is 25.8 Å². The zero-order valence-electron chi connectivity index (χ0n) is 16.3. The second-order valence-corrected chi connectivity index (χ2v) is 6.70. The predicted molar refractivity (Wildman–Crippen MR) is 106 cm³/mol. The lowest BCUT2D eigenvalue weighted by atomic mass is 10.1. The summed E-state index contributed by atoms with van der Waals surface area (Å²) >= 11 is 6.03. The molecule has 0 bridgehead atoms. The van der Waals surface area contributed by atoms with Gasteiger partial charge in [-0.15, -0.1) is 0 Å². The van der Waals surface area contributed by atoms with Crippen LogP contribution in [-0.4, -0.2) is 40.3 Å². The van der Waals surface area contributed by atoms with E-state index in [0.29, 0.717) is 34.5 Å². The molecular weight excluding hydrogens is 368 g/mol. The van der Waals surface area contributed by atoms with Crippen LogP contribution in [-0.2, 0) is 11.3 Å². The SMILES string of the molecule is COc1ccc(Cl)cc1NC(=O)[C@@H](C)[NH+](C)Cc1ccc(OC)c(OC)c1. The van der Waals surface area contributed by atoms with Gasteiger partial charge in [-0.3, -0.25) is 4.79 Å². The molecule has 0 fully saturated rings. The number of halogens is 1. The zero-order valence-corrected chi connectivity index (χ0v) is 17.0. The summed E-state index contributed by atoms with van der Waals surface area (Å²) in [6.45, 7) is 2.53. The summed E-state index contributed by atoms with van der Waals surface area (Å²) in [5.74, 6) is 1.80. The normalized spacial score (nSPS) is 12.8. The van der Waals surface area contributed by atoms with Gasteiger partial charge in [-0.05, 0) is 43.3 Å². The van der Waals surface area contributed by atoms with Crippen LogP contribution in [0, 0.1) is 0 Å². The van der Waals surface area contributed by atoms with Crippen molar-refractivity contribution in [3.05, 3.63) is 47.0 Å². The number of anilines is 1. The number of quaternary nitrogens is 1. The van der Waals surface area contributed by atoms with E-state index in [9.17, 15) is 4.79 Å². The van der Waals surface area contributed by atoms with E-state index in [1.165, 1.54) is 0 Å². The fourth-order valence-electron chi connectivity index (χ4n) is 2.71. The smallest absolute Gasteiger partial charge is 0.282 e. The minimum atomic E-state index is -0.290. The van der Waals surface area contributed by atoms with Crippen LogP contribution in [0.5, 0.6) is 17.2 Å². The molecule has 0 saturated heterocycles. The highest BCUT2D eigenvalue weighted by Crippen LogP contribution is 2.28. The van der Waals surface area contributed by atoms with E-state index in [0.717, 1.165) is 10.5 Å². The maximum atomic E-state index is 12.7. The van der Waals surface area contributed by atoms with Gasteiger partial charge in [0.2, 0.25) is 0 Å².